The summed E-state index contributed by atoms with van der Waals surface area (Å²) in [5.41, 5.74) is -0.787. The van der Waals surface area contributed by atoms with E-state index in [1.54, 1.807) is 4.72 Å². The zero-order valence-electron chi connectivity index (χ0n) is 11.9. The maximum atomic E-state index is 13.5. The summed E-state index contributed by atoms with van der Waals surface area (Å²) in [5, 5.41) is 10.5. The minimum absolute atomic E-state index is 0.181. The van der Waals surface area contributed by atoms with Crippen LogP contribution < -0.4 is 4.72 Å². The largest absolute Gasteiger partial charge is 0.269 e. The molecule has 0 aliphatic carbocycles. The molecular formula is C14H10F2N2O5S. The highest BCUT2D eigenvalue weighted by molar-refractivity contribution is 7.89. The predicted molar refractivity (Wildman–Crippen MR) is 79.5 cm³/mol. The Labute approximate surface area is 135 Å². The van der Waals surface area contributed by atoms with Gasteiger partial charge in [-0.15, -0.1) is 0 Å². The molecule has 0 aromatic heterocycles. The Morgan fingerprint density at radius 1 is 1.12 bits per heavy atom. The van der Waals surface area contributed by atoms with Crippen LogP contribution in [0.2, 0.25) is 0 Å². The van der Waals surface area contributed by atoms with Crippen LogP contribution in [-0.4, -0.2) is 19.2 Å². The second-order valence-electron chi connectivity index (χ2n) is 4.74. The molecule has 0 heterocycles. The summed E-state index contributed by atoms with van der Waals surface area (Å²) in [7, 11) is -4.20. The molecule has 7 nitrogen and oxygen atoms in total. The number of hydrogen-bond donors (Lipinski definition) is 1. The fraction of sp³-hybridized carbons (Fsp3) is 0.0714. The molecule has 2 rings (SSSR count). The monoisotopic (exact) mass is 356 g/mol. The molecule has 0 saturated heterocycles. The summed E-state index contributed by atoms with van der Waals surface area (Å²) in [6.45, 7) is 0. The van der Waals surface area contributed by atoms with Gasteiger partial charge in [-0.2, -0.15) is 0 Å². The van der Waals surface area contributed by atoms with E-state index in [0.717, 1.165) is 18.2 Å². The molecule has 0 bridgehead atoms. The molecule has 0 atom stereocenters. The average molecular weight is 356 g/mol. The molecule has 1 amide bonds. The number of hydrogen-bond acceptors (Lipinski definition) is 5. The van der Waals surface area contributed by atoms with Gasteiger partial charge in [-0.05, 0) is 23.8 Å². The van der Waals surface area contributed by atoms with Crippen LogP contribution in [0.5, 0.6) is 0 Å². The summed E-state index contributed by atoms with van der Waals surface area (Å²) in [5.74, 6) is -3.93. The third-order valence-electron chi connectivity index (χ3n) is 2.93. The quantitative estimate of drug-likeness (QED) is 0.652. The van der Waals surface area contributed by atoms with Gasteiger partial charge in [0.05, 0.1) is 16.2 Å². The number of carbonyl (C=O) groups excluding carboxylic acids is 1. The van der Waals surface area contributed by atoms with Crippen LogP contribution in [0, 0.1) is 21.7 Å². The number of rotatable bonds is 5. The van der Waals surface area contributed by atoms with Gasteiger partial charge in [0, 0.05) is 12.1 Å². The summed E-state index contributed by atoms with van der Waals surface area (Å²) in [6, 6.07) is 6.71. The second-order valence-corrected chi connectivity index (χ2v) is 6.46. The van der Waals surface area contributed by atoms with E-state index < -0.39 is 43.8 Å². The molecule has 0 aliphatic rings. The highest BCUT2D eigenvalue weighted by Gasteiger charge is 2.20. The molecule has 2 aromatic rings. The molecule has 0 aliphatic heterocycles. The summed E-state index contributed by atoms with van der Waals surface area (Å²) < 4.78 is 51.9. The lowest BCUT2D eigenvalue weighted by Gasteiger charge is -2.08. The number of carbonyl (C=O) groups is 1. The van der Waals surface area contributed by atoms with Crippen molar-refractivity contribution in [2.45, 2.75) is 5.75 Å². The Kier molecular flexibility index (Phi) is 4.88. The zero-order chi connectivity index (χ0) is 17.9. The number of sulfonamides is 1. The van der Waals surface area contributed by atoms with Crippen LogP contribution in [0.25, 0.3) is 0 Å². The number of non-ortho nitro benzene ring substituents is 1. The van der Waals surface area contributed by atoms with E-state index in [0.29, 0.717) is 12.1 Å². The number of benzene rings is 2. The molecule has 0 spiro atoms. The van der Waals surface area contributed by atoms with E-state index in [1.165, 1.54) is 12.1 Å². The van der Waals surface area contributed by atoms with Gasteiger partial charge in [0.2, 0.25) is 10.0 Å². The van der Waals surface area contributed by atoms with Gasteiger partial charge >= 0.3 is 0 Å². The standard InChI is InChI=1S/C14H10F2N2O5S/c15-10-3-6-13(16)12(7-10)14(19)17-24(22,23)8-9-1-4-11(5-2-9)18(20)21/h1-7H,8H2,(H,17,19). The second kappa shape index (κ2) is 6.71. The number of halogens is 2. The first-order valence-corrected chi connectivity index (χ1v) is 8.06. The zero-order valence-corrected chi connectivity index (χ0v) is 12.7. The molecule has 24 heavy (non-hydrogen) atoms. The minimum Gasteiger partial charge on any atom is -0.268 e. The van der Waals surface area contributed by atoms with Crippen molar-refractivity contribution in [1.29, 1.82) is 0 Å². The Bertz CT molecular complexity index is 898. The summed E-state index contributed by atoms with van der Waals surface area (Å²) in [4.78, 5) is 21.7. The Balaban J connectivity index is 2.14. The Morgan fingerprint density at radius 2 is 1.75 bits per heavy atom. The van der Waals surface area contributed by atoms with E-state index in [1.807, 2.05) is 0 Å². The van der Waals surface area contributed by atoms with E-state index >= 15 is 0 Å². The van der Waals surface area contributed by atoms with E-state index in [4.69, 9.17) is 0 Å². The van der Waals surface area contributed by atoms with Crippen molar-refractivity contribution in [3.05, 3.63) is 75.3 Å². The molecule has 0 fully saturated rings. The molecule has 1 N–H and O–H groups in total. The molecule has 0 saturated carbocycles. The van der Waals surface area contributed by atoms with Crippen LogP contribution >= 0.6 is 0 Å². The fourth-order valence-electron chi connectivity index (χ4n) is 1.84. The van der Waals surface area contributed by atoms with Crippen molar-refractivity contribution in [2.75, 3.05) is 0 Å². The Morgan fingerprint density at radius 3 is 2.33 bits per heavy atom. The number of nitrogens with zero attached hydrogens (tertiary/aromatic N) is 1. The summed E-state index contributed by atoms with van der Waals surface area (Å²) >= 11 is 0. The first-order valence-electron chi connectivity index (χ1n) is 6.41. The van der Waals surface area contributed by atoms with E-state index in [-0.39, 0.29) is 11.3 Å². The molecule has 0 radical (unpaired) electrons. The highest BCUT2D eigenvalue weighted by atomic mass is 32.2. The molecule has 2 aromatic carbocycles. The number of amides is 1. The fourth-order valence-corrected chi connectivity index (χ4v) is 2.93. The van der Waals surface area contributed by atoms with Crippen molar-refractivity contribution in [3.8, 4) is 0 Å². The van der Waals surface area contributed by atoms with Crippen molar-refractivity contribution >= 4 is 21.6 Å². The van der Waals surface area contributed by atoms with Crippen molar-refractivity contribution in [3.63, 3.8) is 0 Å². The van der Waals surface area contributed by atoms with Gasteiger partial charge in [0.25, 0.3) is 11.6 Å². The maximum Gasteiger partial charge on any atom is 0.269 e. The van der Waals surface area contributed by atoms with Crippen LogP contribution in [0.3, 0.4) is 0 Å². The van der Waals surface area contributed by atoms with Crippen molar-refractivity contribution in [2.24, 2.45) is 0 Å². The third kappa shape index (κ3) is 4.32. The van der Waals surface area contributed by atoms with Crippen LogP contribution in [0.15, 0.2) is 42.5 Å². The first-order chi connectivity index (χ1) is 11.2. The topological polar surface area (TPSA) is 106 Å². The van der Waals surface area contributed by atoms with Crippen LogP contribution in [0.1, 0.15) is 15.9 Å². The summed E-state index contributed by atoms with van der Waals surface area (Å²) in [6.07, 6.45) is 0. The third-order valence-corrected chi connectivity index (χ3v) is 4.13. The van der Waals surface area contributed by atoms with Crippen LogP contribution in [0.4, 0.5) is 14.5 Å². The van der Waals surface area contributed by atoms with Gasteiger partial charge in [-0.25, -0.2) is 21.9 Å². The van der Waals surface area contributed by atoms with Gasteiger partial charge in [-0.1, -0.05) is 12.1 Å². The number of nitro benzene ring substituents is 1. The molecule has 0 unspecified atom stereocenters. The molecule has 126 valence electrons. The smallest absolute Gasteiger partial charge is 0.268 e. The first kappa shape index (κ1) is 17.5. The van der Waals surface area contributed by atoms with E-state index in [9.17, 15) is 32.1 Å². The van der Waals surface area contributed by atoms with Crippen molar-refractivity contribution < 1.29 is 26.9 Å². The lowest BCUT2D eigenvalue weighted by molar-refractivity contribution is -0.384. The van der Waals surface area contributed by atoms with Gasteiger partial charge in [0.1, 0.15) is 11.6 Å². The maximum absolute atomic E-state index is 13.5. The van der Waals surface area contributed by atoms with Gasteiger partial charge < -0.3 is 0 Å². The SMILES string of the molecule is O=C(NS(=O)(=O)Cc1ccc([N+](=O)[O-])cc1)c1cc(F)ccc1F. The van der Waals surface area contributed by atoms with E-state index in [2.05, 4.69) is 0 Å². The normalized spacial score (nSPS) is 11.1. The number of nitro groups is 1. The number of nitrogens with one attached hydrogen (secondary N) is 1. The minimum atomic E-state index is -4.20. The molecular weight excluding hydrogens is 346 g/mol. The van der Waals surface area contributed by atoms with Crippen LogP contribution in [-0.2, 0) is 15.8 Å². The molecule has 10 heteroatoms. The predicted octanol–water partition coefficient (Wildman–Crippen LogP) is 2.13. The lowest BCUT2D eigenvalue weighted by Crippen LogP contribution is -2.32. The average Bonchev–Trinajstić information content (AvgIpc) is 2.49. The highest BCUT2D eigenvalue weighted by Crippen LogP contribution is 2.14. The lowest BCUT2D eigenvalue weighted by atomic mass is 10.2. The Hall–Kier alpha value is -2.88. The van der Waals surface area contributed by atoms with Gasteiger partial charge in [-0.3, -0.25) is 14.9 Å². The van der Waals surface area contributed by atoms with Gasteiger partial charge in [0.15, 0.2) is 0 Å². The van der Waals surface area contributed by atoms with Crippen molar-refractivity contribution in [1.82, 2.24) is 4.72 Å².